The molecule has 2 rings (SSSR count). The van der Waals surface area contributed by atoms with Gasteiger partial charge in [0.1, 0.15) is 0 Å². The third-order valence-corrected chi connectivity index (χ3v) is 3.99. The number of benzene rings is 2. The molecular formula is C21H23F2NO5. The van der Waals surface area contributed by atoms with E-state index in [9.17, 15) is 18.4 Å². The Labute approximate surface area is 167 Å². The average molecular weight is 407 g/mol. The Morgan fingerprint density at radius 2 is 1.79 bits per heavy atom. The molecule has 1 amide bonds. The summed E-state index contributed by atoms with van der Waals surface area (Å²) in [6.45, 7) is 4.06. The van der Waals surface area contributed by atoms with Gasteiger partial charge in [-0.1, -0.05) is 17.7 Å². The van der Waals surface area contributed by atoms with Crippen LogP contribution in [0.15, 0.2) is 36.4 Å². The normalized spacial score (nSPS) is 11.7. The number of aryl methyl sites for hydroxylation is 2. The molecule has 0 spiro atoms. The van der Waals surface area contributed by atoms with Gasteiger partial charge in [-0.3, -0.25) is 4.79 Å². The van der Waals surface area contributed by atoms with Crippen LogP contribution in [0.2, 0.25) is 0 Å². The number of esters is 1. The van der Waals surface area contributed by atoms with Crippen molar-refractivity contribution in [2.45, 2.75) is 40.4 Å². The molecule has 0 saturated carbocycles. The van der Waals surface area contributed by atoms with Gasteiger partial charge in [-0.15, -0.1) is 0 Å². The van der Waals surface area contributed by atoms with Crippen LogP contribution in [0.4, 0.5) is 14.5 Å². The van der Waals surface area contributed by atoms with E-state index < -0.39 is 24.6 Å². The van der Waals surface area contributed by atoms with Gasteiger partial charge in [-0.05, 0) is 57.5 Å². The van der Waals surface area contributed by atoms with Crippen molar-refractivity contribution in [3.05, 3.63) is 53.1 Å². The molecule has 2 aromatic carbocycles. The Bertz CT molecular complexity index is 885. The smallest absolute Gasteiger partial charge is 0.387 e. The quantitative estimate of drug-likeness (QED) is 0.653. The highest BCUT2D eigenvalue weighted by molar-refractivity contribution is 5.98. The van der Waals surface area contributed by atoms with Crippen molar-refractivity contribution in [3.63, 3.8) is 0 Å². The van der Waals surface area contributed by atoms with Crippen LogP contribution >= 0.6 is 0 Å². The predicted octanol–water partition coefficient (Wildman–Crippen LogP) is 4.49. The van der Waals surface area contributed by atoms with Crippen LogP contribution in [0.25, 0.3) is 0 Å². The zero-order valence-electron chi connectivity index (χ0n) is 16.6. The van der Waals surface area contributed by atoms with Crippen LogP contribution in [-0.4, -0.2) is 31.2 Å². The van der Waals surface area contributed by atoms with E-state index in [0.29, 0.717) is 5.69 Å². The molecule has 0 unspecified atom stereocenters. The maximum Gasteiger partial charge on any atom is 0.387 e. The third kappa shape index (κ3) is 6.17. The summed E-state index contributed by atoms with van der Waals surface area (Å²) in [5, 5.41) is 2.71. The average Bonchev–Trinajstić information content (AvgIpc) is 2.65. The van der Waals surface area contributed by atoms with Gasteiger partial charge in [0.05, 0.1) is 12.2 Å². The zero-order chi connectivity index (χ0) is 21.6. The number of ether oxygens (including phenoxy) is 3. The second-order valence-corrected chi connectivity index (χ2v) is 6.33. The first-order chi connectivity index (χ1) is 13.7. The summed E-state index contributed by atoms with van der Waals surface area (Å²) < 4.78 is 39.7. The minimum Gasteiger partial charge on any atom is -0.490 e. The fourth-order valence-electron chi connectivity index (χ4n) is 2.57. The number of hydrogen-bond acceptors (Lipinski definition) is 5. The van der Waals surface area contributed by atoms with Gasteiger partial charge in [0.2, 0.25) is 0 Å². The van der Waals surface area contributed by atoms with E-state index in [4.69, 9.17) is 9.47 Å². The summed E-state index contributed by atoms with van der Waals surface area (Å²) in [5.74, 6) is -1.50. The van der Waals surface area contributed by atoms with Gasteiger partial charge >= 0.3 is 12.6 Å². The maximum absolute atomic E-state index is 12.5. The van der Waals surface area contributed by atoms with E-state index in [1.54, 1.807) is 13.0 Å². The SMILES string of the molecule is CCOc1cc(C(=O)O[C@H](C)C(=O)Nc2ccc(C)cc2C)ccc1OC(F)F. The van der Waals surface area contributed by atoms with Gasteiger partial charge in [0, 0.05) is 5.69 Å². The lowest BCUT2D eigenvalue weighted by molar-refractivity contribution is -0.123. The number of carbonyl (C=O) groups is 2. The highest BCUT2D eigenvalue weighted by atomic mass is 19.3. The van der Waals surface area contributed by atoms with Gasteiger partial charge in [0.15, 0.2) is 17.6 Å². The fourth-order valence-corrected chi connectivity index (χ4v) is 2.57. The molecule has 0 aromatic heterocycles. The number of nitrogens with one attached hydrogen (secondary N) is 1. The largest absolute Gasteiger partial charge is 0.490 e. The fraction of sp³-hybridized carbons (Fsp3) is 0.333. The van der Waals surface area contributed by atoms with Crippen molar-refractivity contribution >= 4 is 17.6 Å². The monoisotopic (exact) mass is 407 g/mol. The Morgan fingerprint density at radius 1 is 1.07 bits per heavy atom. The number of alkyl halides is 2. The van der Waals surface area contributed by atoms with E-state index in [-0.39, 0.29) is 23.7 Å². The molecule has 0 saturated heterocycles. The topological polar surface area (TPSA) is 73.9 Å². The Morgan fingerprint density at radius 3 is 2.41 bits per heavy atom. The molecule has 0 aliphatic rings. The summed E-state index contributed by atoms with van der Waals surface area (Å²) in [7, 11) is 0. The first kappa shape index (κ1) is 22.1. The van der Waals surface area contributed by atoms with E-state index >= 15 is 0 Å². The molecule has 2 aromatic rings. The Balaban J connectivity index is 2.07. The van der Waals surface area contributed by atoms with Crippen molar-refractivity contribution in [2.75, 3.05) is 11.9 Å². The van der Waals surface area contributed by atoms with Crippen LogP contribution in [0.1, 0.15) is 35.3 Å². The summed E-state index contributed by atoms with van der Waals surface area (Å²) in [4.78, 5) is 24.7. The first-order valence-corrected chi connectivity index (χ1v) is 9.02. The number of halogens is 2. The van der Waals surface area contributed by atoms with Crippen molar-refractivity contribution in [1.29, 1.82) is 0 Å². The molecule has 0 radical (unpaired) electrons. The second kappa shape index (κ2) is 9.86. The molecule has 0 bridgehead atoms. The van der Waals surface area contributed by atoms with Crippen LogP contribution < -0.4 is 14.8 Å². The highest BCUT2D eigenvalue weighted by Crippen LogP contribution is 2.30. The van der Waals surface area contributed by atoms with Crippen molar-refractivity contribution in [2.24, 2.45) is 0 Å². The zero-order valence-corrected chi connectivity index (χ0v) is 16.6. The van der Waals surface area contributed by atoms with Crippen LogP contribution in [-0.2, 0) is 9.53 Å². The molecule has 1 N–H and O–H groups in total. The molecular weight excluding hydrogens is 384 g/mol. The van der Waals surface area contributed by atoms with Gasteiger partial charge in [-0.2, -0.15) is 8.78 Å². The number of carbonyl (C=O) groups excluding carboxylic acids is 2. The lowest BCUT2D eigenvalue weighted by Crippen LogP contribution is -2.30. The van der Waals surface area contributed by atoms with Crippen molar-refractivity contribution in [1.82, 2.24) is 0 Å². The number of anilines is 1. The van der Waals surface area contributed by atoms with Crippen molar-refractivity contribution < 1.29 is 32.6 Å². The molecule has 156 valence electrons. The molecule has 6 nitrogen and oxygen atoms in total. The van der Waals surface area contributed by atoms with E-state index in [0.717, 1.165) is 11.1 Å². The molecule has 29 heavy (non-hydrogen) atoms. The molecule has 0 heterocycles. The molecule has 0 fully saturated rings. The lowest BCUT2D eigenvalue weighted by atomic mass is 10.1. The predicted molar refractivity (Wildman–Crippen MR) is 104 cm³/mol. The summed E-state index contributed by atoms with van der Waals surface area (Å²) in [6.07, 6.45) is -1.07. The Hall–Kier alpha value is -3.16. The Kier molecular flexibility index (Phi) is 7.52. The molecule has 0 aliphatic carbocycles. The van der Waals surface area contributed by atoms with E-state index in [1.165, 1.54) is 25.1 Å². The number of hydrogen-bond donors (Lipinski definition) is 1. The lowest BCUT2D eigenvalue weighted by Gasteiger charge is -2.16. The standard InChI is InChI=1S/C21H23F2NO5/c1-5-27-18-11-15(7-9-17(18)29-21(22)23)20(26)28-14(4)19(25)24-16-8-6-12(2)10-13(16)3/h6-11,14,21H,5H2,1-4H3,(H,24,25)/t14-/m1/s1. The minimum absolute atomic E-state index is 0.0189. The van der Waals surface area contributed by atoms with Crippen LogP contribution in [0.3, 0.4) is 0 Å². The van der Waals surface area contributed by atoms with Crippen LogP contribution in [0, 0.1) is 13.8 Å². The van der Waals surface area contributed by atoms with E-state index in [2.05, 4.69) is 10.1 Å². The van der Waals surface area contributed by atoms with Gasteiger partial charge < -0.3 is 19.5 Å². The maximum atomic E-state index is 12.5. The number of rotatable bonds is 8. The third-order valence-electron chi connectivity index (χ3n) is 3.99. The summed E-state index contributed by atoms with van der Waals surface area (Å²) >= 11 is 0. The van der Waals surface area contributed by atoms with Crippen LogP contribution in [0.5, 0.6) is 11.5 Å². The second-order valence-electron chi connectivity index (χ2n) is 6.33. The van der Waals surface area contributed by atoms with Gasteiger partial charge in [0.25, 0.3) is 5.91 Å². The first-order valence-electron chi connectivity index (χ1n) is 9.02. The number of amides is 1. The highest BCUT2D eigenvalue weighted by Gasteiger charge is 2.21. The summed E-state index contributed by atoms with van der Waals surface area (Å²) in [5.41, 5.74) is 2.61. The van der Waals surface area contributed by atoms with E-state index in [1.807, 2.05) is 26.0 Å². The van der Waals surface area contributed by atoms with Gasteiger partial charge in [-0.25, -0.2) is 4.79 Å². The summed E-state index contributed by atoms with van der Waals surface area (Å²) in [6, 6.07) is 9.24. The molecule has 0 aliphatic heterocycles. The van der Waals surface area contributed by atoms with Crippen molar-refractivity contribution in [3.8, 4) is 11.5 Å². The molecule has 1 atom stereocenters. The molecule has 8 heteroatoms. The minimum atomic E-state index is -3.03.